The van der Waals surface area contributed by atoms with Crippen molar-refractivity contribution in [2.75, 3.05) is 0 Å². The minimum Gasteiger partial charge on any atom is -0.147 e. The average Bonchev–Trinajstić information content (AvgIpc) is 2.74. The molecule has 184 valence electrons. The molecule has 30 heavy (non-hydrogen) atoms. The third-order valence-electron chi connectivity index (χ3n) is 7.24. The van der Waals surface area contributed by atoms with Crippen LogP contribution in [-0.2, 0) is 0 Å². The molecule has 0 heterocycles. The standard InChI is InChI=1S/C16H33.3C4H9.ClH.Sn/c1-3-5-7-9-11-13-15-16-14-12-10-8-6-4-2;3*1-3-4-2;;/h1,3-16H2,2H3;3*1,3-4H2,2H3;1H;. The number of hydrogen-bond donors (Lipinski definition) is 0. The predicted octanol–water partition coefficient (Wildman–Crippen LogP) is 11.7. The van der Waals surface area contributed by atoms with Crippen LogP contribution in [0.4, 0.5) is 0 Å². The van der Waals surface area contributed by atoms with Gasteiger partial charge in [0.25, 0.3) is 0 Å². The molecule has 0 saturated heterocycles. The third kappa shape index (κ3) is 21.0. The van der Waals surface area contributed by atoms with Crippen LogP contribution in [0.25, 0.3) is 0 Å². The van der Waals surface area contributed by atoms with Crippen LogP contribution in [0.15, 0.2) is 0 Å². The van der Waals surface area contributed by atoms with Crippen LogP contribution >= 0.6 is 12.4 Å². The second kappa shape index (κ2) is 26.3. The zero-order valence-electron chi connectivity index (χ0n) is 21.9. The van der Waals surface area contributed by atoms with Crippen molar-refractivity contribution in [2.24, 2.45) is 0 Å². The first-order valence-corrected chi connectivity index (χ1v) is 22.3. The molecule has 0 amide bonds. The fraction of sp³-hybridized carbons (Fsp3) is 1.00. The molecule has 0 aromatic rings. The summed E-state index contributed by atoms with van der Waals surface area (Å²) in [4.78, 5) is 0. The van der Waals surface area contributed by atoms with Gasteiger partial charge in [-0.15, -0.1) is 12.4 Å². The summed E-state index contributed by atoms with van der Waals surface area (Å²) in [6.07, 6.45) is 29.8. The summed E-state index contributed by atoms with van der Waals surface area (Å²) in [6, 6.07) is 0. The molecule has 0 unspecified atom stereocenters. The van der Waals surface area contributed by atoms with Crippen LogP contribution in [0.3, 0.4) is 0 Å². The van der Waals surface area contributed by atoms with E-state index in [0.717, 1.165) is 0 Å². The van der Waals surface area contributed by atoms with Crippen molar-refractivity contribution in [1.82, 2.24) is 0 Å². The minimum atomic E-state index is -1.81. The fourth-order valence-corrected chi connectivity index (χ4v) is 21.7. The number of hydrogen-bond acceptors (Lipinski definition) is 0. The molecule has 0 N–H and O–H groups in total. The van der Waals surface area contributed by atoms with Crippen LogP contribution in [0.1, 0.15) is 156 Å². The molecule has 2 heteroatoms. The van der Waals surface area contributed by atoms with E-state index in [1.807, 2.05) is 0 Å². The first-order valence-electron chi connectivity index (χ1n) is 14.2. The van der Waals surface area contributed by atoms with Gasteiger partial charge in [0.1, 0.15) is 0 Å². The molecule has 0 spiro atoms. The van der Waals surface area contributed by atoms with E-state index in [9.17, 15) is 0 Å². The van der Waals surface area contributed by atoms with Gasteiger partial charge in [0.15, 0.2) is 0 Å². The number of unbranched alkanes of at least 4 members (excludes halogenated alkanes) is 16. The Bertz CT molecular complexity index is 283. The molecular formula is C28H61ClSn. The van der Waals surface area contributed by atoms with Crippen molar-refractivity contribution in [2.45, 2.75) is 174 Å². The Labute approximate surface area is 203 Å². The Hall–Kier alpha value is 1.09. The number of halogens is 1. The summed E-state index contributed by atoms with van der Waals surface area (Å²) < 4.78 is 6.86. The van der Waals surface area contributed by atoms with E-state index in [-0.39, 0.29) is 12.4 Å². The zero-order valence-corrected chi connectivity index (χ0v) is 25.5. The molecule has 0 fully saturated rings. The summed E-state index contributed by atoms with van der Waals surface area (Å²) in [5.74, 6) is 0. The van der Waals surface area contributed by atoms with Gasteiger partial charge in [-0.3, -0.25) is 0 Å². The Morgan fingerprint density at radius 3 is 0.833 bits per heavy atom. The van der Waals surface area contributed by atoms with Crippen molar-refractivity contribution < 1.29 is 0 Å². The van der Waals surface area contributed by atoms with Crippen molar-refractivity contribution >= 4 is 30.8 Å². The summed E-state index contributed by atoms with van der Waals surface area (Å²) in [5, 5.41) is 0. The van der Waals surface area contributed by atoms with Gasteiger partial charge in [-0.25, -0.2) is 0 Å². The largest absolute Gasteiger partial charge is 0.147 e. The molecular weight excluding hydrogens is 490 g/mol. The topological polar surface area (TPSA) is 0 Å². The molecule has 0 aliphatic rings. The summed E-state index contributed by atoms with van der Waals surface area (Å²) >= 11 is -1.81. The maximum Gasteiger partial charge on any atom is -0.147 e. The predicted molar refractivity (Wildman–Crippen MR) is 147 cm³/mol. The van der Waals surface area contributed by atoms with Gasteiger partial charge in [-0.1, -0.05) is 26.2 Å². The molecule has 0 aromatic carbocycles. The molecule has 0 aromatic heterocycles. The first kappa shape index (κ1) is 33.3. The Kier molecular flexibility index (Phi) is 29.2. The fourth-order valence-electron chi connectivity index (χ4n) is 5.10. The maximum absolute atomic E-state index is 2.41. The van der Waals surface area contributed by atoms with E-state index < -0.39 is 18.4 Å². The van der Waals surface area contributed by atoms with Gasteiger partial charge in [-0.2, -0.15) is 0 Å². The van der Waals surface area contributed by atoms with Gasteiger partial charge >= 0.3 is 166 Å². The Morgan fingerprint density at radius 1 is 0.300 bits per heavy atom. The van der Waals surface area contributed by atoms with Crippen LogP contribution in [0.5, 0.6) is 0 Å². The molecule has 0 nitrogen and oxygen atoms in total. The molecule has 0 aliphatic heterocycles. The van der Waals surface area contributed by atoms with Crippen LogP contribution < -0.4 is 0 Å². The molecule has 0 atom stereocenters. The van der Waals surface area contributed by atoms with Crippen LogP contribution in [-0.4, -0.2) is 18.4 Å². The first-order chi connectivity index (χ1) is 14.2. The molecule has 0 bridgehead atoms. The summed E-state index contributed by atoms with van der Waals surface area (Å²) in [7, 11) is 0. The summed E-state index contributed by atoms with van der Waals surface area (Å²) in [5.41, 5.74) is 0. The van der Waals surface area contributed by atoms with E-state index in [1.54, 1.807) is 49.9 Å². The van der Waals surface area contributed by atoms with Crippen molar-refractivity contribution in [1.29, 1.82) is 0 Å². The van der Waals surface area contributed by atoms with Crippen molar-refractivity contribution in [3.8, 4) is 0 Å². The quantitative estimate of drug-likeness (QED) is 0.0826. The molecule has 0 aliphatic carbocycles. The Balaban J connectivity index is 0. The second-order valence-electron chi connectivity index (χ2n) is 10.2. The van der Waals surface area contributed by atoms with E-state index in [2.05, 4.69) is 27.7 Å². The third-order valence-corrected chi connectivity index (χ3v) is 23.4. The molecule has 0 rings (SSSR count). The van der Waals surface area contributed by atoms with Crippen molar-refractivity contribution in [3.63, 3.8) is 0 Å². The zero-order chi connectivity index (χ0) is 21.5. The SMILES string of the molecule is CCCCCCCCCCCCCCC[CH2][Sn]([CH2]CCC)([CH2]CCC)[CH2]CCC.Cl. The van der Waals surface area contributed by atoms with E-state index in [1.165, 1.54) is 96.3 Å². The second-order valence-corrected chi connectivity index (χ2v) is 24.4. The molecule has 0 radical (unpaired) electrons. The molecule has 0 saturated carbocycles. The van der Waals surface area contributed by atoms with Gasteiger partial charge in [-0.05, 0) is 0 Å². The normalized spacial score (nSPS) is 11.6. The van der Waals surface area contributed by atoms with E-state index in [0.29, 0.717) is 0 Å². The van der Waals surface area contributed by atoms with Gasteiger partial charge in [0.05, 0.1) is 0 Å². The monoisotopic (exact) mass is 552 g/mol. The Morgan fingerprint density at radius 2 is 0.533 bits per heavy atom. The summed E-state index contributed by atoms with van der Waals surface area (Å²) in [6.45, 7) is 9.53. The van der Waals surface area contributed by atoms with Gasteiger partial charge < -0.3 is 0 Å². The smallest absolute Gasteiger partial charge is 0.147 e. The van der Waals surface area contributed by atoms with Crippen LogP contribution in [0.2, 0.25) is 17.7 Å². The van der Waals surface area contributed by atoms with Crippen molar-refractivity contribution in [3.05, 3.63) is 0 Å². The number of rotatable bonds is 24. The van der Waals surface area contributed by atoms with Gasteiger partial charge in [0.2, 0.25) is 0 Å². The van der Waals surface area contributed by atoms with Gasteiger partial charge in [0, 0.05) is 0 Å². The average molecular weight is 552 g/mol. The maximum atomic E-state index is 2.41. The minimum absolute atomic E-state index is 0. The van der Waals surface area contributed by atoms with Crippen LogP contribution in [0, 0.1) is 0 Å². The van der Waals surface area contributed by atoms with E-state index >= 15 is 0 Å². The van der Waals surface area contributed by atoms with E-state index in [4.69, 9.17) is 0 Å².